The Kier molecular flexibility index (Phi) is 8.45. The maximum atomic E-state index is 12.0. The largest absolute Gasteiger partial charge is 1.00 e. The molecule has 118 valence electrons. The van der Waals surface area contributed by atoms with Crippen LogP contribution in [-0.2, 0) is 10.1 Å². The Morgan fingerprint density at radius 2 is 2.09 bits per heavy atom. The summed E-state index contributed by atoms with van der Waals surface area (Å²) in [4.78, 5) is 12.0. The minimum Gasteiger partial charge on any atom is -0.748 e. The molecule has 10 heteroatoms. The van der Waals surface area contributed by atoms with Crippen LogP contribution in [0, 0.1) is 6.92 Å². The van der Waals surface area contributed by atoms with Gasteiger partial charge in [-0.15, -0.1) is 10.2 Å². The van der Waals surface area contributed by atoms with Crippen LogP contribution in [0.4, 0.5) is 0 Å². The number of aryl methyl sites for hydroxylation is 1. The monoisotopic (exact) mass is 379 g/mol. The molecule has 0 aliphatic rings. The third-order valence-corrected chi connectivity index (χ3v) is 4.43. The minimum absolute atomic E-state index is 0. The number of carbonyl (C=O) groups is 1. The van der Waals surface area contributed by atoms with Crippen molar-refractivity contribution in [3.8, 4) is 10.6 Å². The summed E-state index contributed by atoms with van der Waals surface area (Å²) in [5.74, 6) is -0.816. The summed E-state index contributed by atoms with van der Waals surface area (Å²) in [7, 11) is -4.24. The van der Waals surface area contributed by atoms with Crippen molar-refractivity contribution < 1.29 is 69.1 Å². The van der Waals surface area contributed by atoms with Crippen LogP contribution >= 0.6 is 11.3 Å². The van der Waals surface area contributed by atoms with Gasteiger partial charge in [0, 0.05) is 23.4 Å². The average molecular weight is 380 g/mol. The molecule has 0 saturated heterocycles. The molecule has 0 spiro atoms. The first kappa shape index (κ1) is 20.8. The Morgan fingerprint density at radius 1 is 1.35 bits per heavy atom. The van der Waals surface area contributed by atoms with E-state index in [1.54, 1.807) is 18.2 Å². The van der Waals surface area contributed by atoms with E-state index in [1.807, 2.05) is 13.0 Å². The SMILES string of the molecule is Cc1nnc(-c2cccc(C(=O)NCCCS(=O)(=O)[O-])c2)s1.[K+]. The fraction of sp³-hybridized carbons (Fsp3) is 0.308. The third kappa shape index (κ3) is 7.05. The first-order valence-electron chi connectivity index (χ1n) is 6.47. The summed E-state index contributed by atoms with van der Waals surface area (Å²) < 4.78 is 31.4. The van der Waals surface area contributed by atoms with Gasteiger partial charge >= 0.3 is 51.4 Å². The molecule has 0 aliphatic carbocycles. The fourth-order valence-electron chi connectivity index (χ4n) is 1.76. The molecule has 0 radical (unpaired) electrons. The van der Waals surface area contributed by atoms with E-state index < -0.39 is 15.9 Å². The minimum atomic E-state index is -4.24. The van der Waals surface area contributed by atoms with Crippen LogP contribution in [0.2, 0.25) is 0 Å². The van der Waals surface area contributed by atoms with Crippen LogP contribution < -0.4 is 56.7 Å². The molecule has 23 heavy (non-hydrogen) atoms. The third-order valence-electron chi connectivity index (χ3n) is 2.75. The topological polar surface area (TPSA) is 112 Å². The molecule has 1 amide bonds. The fourth-order valence-corrected chi connectivity index (χ4v) is 2.95. The van der Waals surface area contributed by atoms with Gasteiger partial charge in [0.15, 0.2) is 0 Å². The van der Waals surface area contributed by atoms with Crippen LogP contribution in [0.15, 0.2) is 24.3 Å². The number of aromatic nitrogens is 2. The smallest absolute Gasteiger partial charge is 0.748 e. The van der Waals surface area contributed by atoms with Crippen molar-refractivity contribution in [2.75, 3.05) is 12.3 Å². The molecule has 0 atom stereocenters. The predicted molar refractivity (Wildman–Crippen MR) is 81.6 cm³/mol. The van der Waals surface area contributed by atoms with Crippen molar-refractivity contribution in [1.82, 2.24) is 15.5 Å². The van der Waals surface area contributed by atoms with Crippen LogP contribution in [-0.4, -0.2) is 41.4 Å². The zero-order chi connectivity index (χ0) is 16.2. The number of nitrogens with one attached hydrogen (secondary N) is 1. The van der Waals surface area contributed by atoms with Crippen LogP contribution in [0.5, 0.6) is 0 Å². The van der Waals surface area contributed by atoms with Crippen molar-refractivity contribution >= 4 is 27.4 Å². The van der Waals surface area contributed by atoms with Crippen LogP contribution in [0.25, 0.3) is 10.6 Å². The quantitative estimate of drug-likeness (QED) is 0.359. The molecule has 1 aromatic heterocycles. The van der Waals surface area contributed by atoms with Crippen molar-refractivity contribution in [3.05, 3.63) is 34.8 Å². The van der Waals surface area contributed by atoms with E-state index >= 15 is 0 Å². The second-order valence-electron chi connectivity index (χ2n) is 4.58. The van der Waals surface area contributed by atoms with Crippen LogP contribution in [0.3, 0.4) is 0 Å². The standard InChI is InChI=1S/C13H15N3O4S2.K/c1-9-15-16-13(21-9)11-5-2-4-10(8-11)12(17)14-6-3-7-22(18,19)20;/h2,4-5,8H,3,6-7H2,1H3,(H,14,17)(H,18,19,20);/q;+1/p-1. The molecule has 2 rings (SSSR count). The number of nitrogens with zero attached hydrogens (tertiary/aromatic N) is 2. The average Bonchev–Trinajstić information content (AvgIpc) is 2.89. The van der Waals surface area contributed by atoms with E-state index in [1.165, 1.54) is 11.3 Å². The summed E-state index contributed by atoms with van der Waals surface area (Å²) in [5, 5.41) is 12.1. The van der Waals surface area contributed by atoms with Gasteiger partial charge in [-0.05, 0) is 25.5 Å². The summed E-state index contributed by atoms with van der Waals surface area (Å²) in [6, 6.07) is 6.92. The maximum Gasteiger partial charge on any atom is 1.00 e. The molecule has 1 aromatic carbocycles. The Morgan fingerprint density at radius 3 is 2.70 bits per heavy atom. The van der Waals surface area contributed by atoms with Gasteiger partial charge in [0.2, 0.25) is 0 Å². The van der Waals surface area contributed by atoms with Crippen molar-refractivity contribution in [1.29, 1.82) is 0 Å². The molecule has 0 unspecified atom stereocenters. The zero-order valence-corrected chi connectivity index (χ0v) is 17.5. The number of hydrogen-bond donors (Lipinski definition) is 1. The van der Waals surface area contributed by atoms with Gasteiger partial charge in [0.1, 0.15) is 10.0 Å². The number of hydrogen-bond acceptors (Lipinski definition) is 7. The summed E-state index contributed by atoms with van der Waals surface area (Å²) >= 11 is 1.43. The molecule has 0 fully saturated rings. The Bertz CT molecular complexity index is 777. The molecule has 1 N–H and O–H groups in total. The van der Waals surface area contributed by atoms with Gasteiger partial charge in [-0.25, -0.2) is 8.42 Å². The molecule has 7 nitrogen and oxygen atoms in total. The predicted octanol–water partition coefficient (Wildman–Crippen LogP) is -1.82. The van der Waals surface area contributed by atoms with Crippen molar-refractivity contribution in [3.63, 3.8) is 0 Å². The van der Waals surface area contributed by atoms with Gasteiger partial charge in [0.25, 0.3) is 5.91 Å². The van der Waals surface area contributed by atoms with Gasteiger partial charge in [0.05, 0.1) is 10.1 Å². The van der Waals surface area contributed by atoms with E-state index in [4.69, 9.17) is 0 Å². The molecule has 0 bridgehead atoms. The van der Waals surface area contributed by atoms with Gasteiger partial charge in [-0.2, -0.15) is 0 Å². The summed E-state index contributed by atoms with van der Waals surface area (Å²) in [6.07, 6.45) is 0.0901. The second kappa shape index (κ2) is 9.32. The van der Waals surface area contributed by atoms with E-state index in [9.17, 15) is 17.8 Å². The zero-order valence-electron chi connectivity index (χ0n) is 12.8. The van der Waals surface area contributed by atoms with E-state index in [0.29, 0.717) is 5.56 Å². The summed E-state index contributed by atoms with van der Waals surface area (Å²) in [6.45, 7) is 1.98. The van der Waals surface area contributed by atoms with Crippen molar-refractivity contribution in [2.45, 2.75) is 13.3 Å². The Hall–Kier alpha value is -0.204. The maximum absolute atomic E-state index is 12.0. The van der Waals surface area contributed by atoms with Crippen LogP contribution in [0.1, 0.15) is 21.8 Å². The first-order chi connectivity index (χ1) is 10.3. The summed E-state index contributed by atoms with van der Waals surface area (Å²) in [5.41, 5.74) is 1.23. The molecule has 1 heterocycles. The van der Waals surface area contributed by atoms with Gasteiger partial charge in [-0.1, -0.05) is 23.5 Å². The van der Waals surface area contributed by atoms with Gasteiger partial charge < -0.3 is 9.87 Å². The van der Waals surface area contributed by atoms with Crippen molar-refractivity contribution in [2.24, 2.45) is 0 Å². The molecule has 0 aliphatic heterocycles. The Labute approximate surface area is 181 Å². The molecular formula is C13H14KN3O4S2. The van der Waals surface area contributed by atoms with E-state index in [2.05, 4.69) is 15.5 Å². The van der Waals surface area contributed by atoms with E-state index in [-0.39, 0.29) is 70.3 Å². The number of amides is 1. The Balaban J connectivity index is 0.00000264. The molecule has 0 saturated carbocycles. The van der Waals surface area contributed by atoms with Gasteiger partial charge in [-0.3, -0.25) is 4.79 Å². The normalized spacial score (nSPS) is 10.9. The first-order valence-corrected chi connectivity index (χ1v) is 8.87. The number of rotatable bonds is 6. The molecule has 2 aromatic rings. The number of benzene rings is 1. The second-order valence-corrected chi connectivity index (χ2v) is 7.28. The van der Waals surface area contributed by atoms with E-state index in [0.717, 1.165) is 15.6 Å². The molecular weight excluding hydrogens is 365 g/mol. The number of carbonyl (C=O) groups excluding carboxylic acids is 1.